The molecule has 0 aliphatic carbocycles. The van der Waals surface area contributed by atoms with Gasteiger partial charge in [0.2, 0.25) is 0 Å². The molecule has 0 amide bonds. The van der Waals surface area contributed by atoms with Gasteiger partial charge in [0.25, 0.3) is 0 Å². The highest BCUT2D eigenvalue weighted by atomic mass is 32.1. The second-order valence-electron chi connectivity index (χ2n) is 5.67. The monoisotopic (exact) mass is 330 g/mol. The van der Waals surface area contributed by atoms with E-state index in [1.165, 1.54) is 23.3 Å². The molecule has 0 unspecified atom stereocenters. The summed E-state index contributed by atoms with van der Waals surface area (Å²) in [6.07, 6.45) is 2.27. The first-order valence-electron chi connectivity index (χ1n) is 7.96. The molecule has 0 saturated heterocycles. The van der Waals surface area contributed by atoms with Gasteiger partial charge < -0.3 is 10.6 Å². The maximum Gasteiger partial charge on any atom is 0.167 e. The van der Waals surface area contributed by atoms with Crippen LogP contribution >= 0.6 is 12.2 Å². The average molecular weight is 330 g/mol. The Morgan fingerprint density at radius 2 is 1.65 bits per heavy atom. The fourth-order valence-corrected chi connectivity index (χ4v) is 2.63. The molecule has 2 N–H and O–H groups in total. The van der Waals surface area contributed by atoms with Crippen LogP contribution in [0.4, 0.5) is 4.39 Å². The van der Waals surface area contributed by atoms with Crippen molar-refractivity contribution in [2.45, 2.75) is 39.3 Å². The van der Waals surface area contributed by atoms with E-state index >= 15 is 0 Å². The summed E-state index contributed by atoms with van der Waals surface area (Å²) in [6, 6.07) is 15.2. The van der Waals surface area contributed by atoms with Gasteiger partial charge >= 0.3 is 0 Å². The number of aryl methyl sites for hydroxylation is 1. The molecule has 4 heteroatoms. The van der Waals surface area contributed by atoms with Crippen LogP contribution in [-0.2, 0) is 13.0 Å². The summed E-state index contributed by atoms with van der Waals surface area (Å²) in [7, 11) is 0. The van der Waals surface area contributed by atoms with Crippen LogP contribution < -0.4 is 10.6 Å². The van der Waals surface area contributed by atoms with Gasteiger partial charge in [-0.1, -0.05) is 49.7 Å². The molecule has 0 radical (unpaired) electrons. The minimum absolute atomic E-state index is 0.138. The summed E-state index contributed by atoms with van der Waals surface area (Å²) in [5.41, 5.74) is 3.56. The van der Waals surface area contributed by atoms with Crippen LogP contribution in [0, 0.1) is 5.82 Å². The molecule has 2 aromatic rings. The molecule has 0 aliphatic heterocycles. The Kier molecular flexibility index (Phi) is 6.53. The van der Waals surface area contributed by atoms with Gasteiger partial charge in [-0.15, -0.1) is 0 Å². The van der Waals surface area contributed by atoms with Crippen molar-refractivity contribution in [3.63, 3.8) is 0 Å². The summed E-state index contributed by atoms with van der Waals surface area (Å²) in [6.45, 7) is 4.85. The molecule has 122 valence electrons. The lowest BCUT2D eigenvalue weighted by molar-refractivity contribution is 0.626. The molecule has 2 rings (SSSR count). The highest BCUT2D eigenvalue weighted by Gasteiger charge is 2.07. The first-order valence-corrected chi connectivity index (χ1v) is 8.37. The van der Waals surface area contributed by atoms with Gasteiger partial charge in [0, 0.05) is 6.54 Å². The lowest BCUT2D eigenvalue weighted by atomic mass is 10.0. The van der Waals surface area contributed by atoms with E-state index in [2.05, 4.69) is 48.7 Å². The Bertz CT molecular complexity index is 623. The number of benzene rings is 2. The molecule has 0 heterocycles. The van der Waals surface area contributed by atoms with Crippen molar-refractivity contribution in [1.29, 1.82) is 0 Å². The summed E-state index contributed by atoms with van der Waals surface area (Å²) < 4.78 is 12.9. The molecule has 2 aromatic carbocycles. The molecule has 0 saturated carbocycles. The largest absolute Gasteiger partial charge is 0.359 e. The number of hydrogen-bond acceptors (Lipinski definition) is 1. The average Bonchev–Trinajstić information content (AvgIpc) is 2.55. The first kappa shape index (κ1) is 17.4. The number of rotatable bonds is 6. The van der Waals surface area contributed by atoms with Crippen molar-refractivity contribution < 1.29 is 4.39 Å². The van der Waals surface area contributed by atoms with Gasteiger partial charge in [-0.3, -0.25) is 0 Å². The number of nitrogens with one attached hydrogen (secondary N) is 2. The number of thiocarbonyl (C=S) groups is 1. The second kappa shape index (κ2) is 8.63. The lowest BCUT2D eigenvalue weighted by Crippen LogP contribution is -2.36. The number of halogens is 1. The molecular weight excluding hydrogens is 307 g/mol. The third-order valence-electron chi connectivity index (χ3n) is 3.73. The fourth-order valence-electron chi connectivity index (χ4n) is 2.38. The zero-order valence-electron chi connectivity index (χ0n) is 13.6. The molecular formula is C19H23FN2S. The predicted molar refractivity (Wildman–Crippen MR) is 97.8 cm³/mol. The maximum absolute atomic E-state index is 12.9. The quantitative estimate of drug-likeness (QED) is 0.762. The van der Waals surface area contributed by atoms with Crippen molar-refractivity contribution in [2.75, 3.05) is 0 Å². The zero-order valence-corrected chi connectivity index (χ0v) is 14.4. The minimum atomic E-state index is -0.227. The van der Waals surface area contributed by atoms with Crippen LogP contribution in [0.1, 0.15) is 43.0 Å². The van der Waals surface area contributed by atoms with E-state index in [0.717, 1.165) is 18.4 Å². The van der Waals surface area contributed by atoms with E-state index in [-0.39, 0.29) is 11.9 Å². The van der Waals surface area contributed by atoms with E-state index in [0.29, 0.717) is 11.7 Å². The topological polar surface area (TPSA) is 24.1 Å². The third-order valence-corrected chi connectivity index (χ3v) is 3.99. The van der Waals surface area contributed by atoms with Crippen molar-refractivity contribution >= 4 is 17.3 Å². The van der Waals surface area contributed by atoms with Gasteiger partial charge in [-0.05, 0) is 54.4 Å². The summed E-state index contributed by atoms with van der Waals surface area (Å²) in [4.78, 5) is 0. The molecule has 23 heavy (non-hydrogen) atoms. The Balaban J connectivity index is 1.82. The van der Waals surface area contributed by atoms with Crippen molar-refractivity contribution in [1.82, 2.24) is 10.6 Å². The van der Waals surface area contributed by atoms with Crippen LogP contribution in [0.25, 0.3) is 0 Å². The van der Waals surface area contributed by atoms with Gasteiger partial charge in [0.15, 0.2) is 5.11 Å². The fraction of sp³-hybridized carbons (Fsp3) is 0.316. The highest BCUT2D eigenvalue weighted by Crippen LogP contribution is 2.14. The van der Waals surface area contributed by atoms with E-state index in [4.69, 9.17) is 12.2 Å². The Morgan fingerprint density at radius 1 is 1.04 bits per heavy atom. The van der Waals surface area contributed by atoms with E-state index < -0.39 is 0 Å². The van der Waals surface area contributed by atoms with Crippen molar-refractivity contribution in [3.8, 4) is 0 Å². The van der Waals surface area contributed by atoms with Crippen LogP contribution in [-0.4, -0.2) is 5.11 Å². The molecule has 0 aromatic heterocycles. The molecule has 0 spiro atoms. The van der Waals surface area contributed by atoms with Crippen LogP contribution in [0.2, 0.25) is 0 Å². The van der Waals surface area contributed by atoms with E-state index in [1.807, 2.05) is 0 Å². The number of hydrogen-bond donors (Lipinski definition) is 2. The zero-order chi connectivity index (χ0) is 16.7. The van der Waals surface area contributed by atoms with E-state index in [9.17, 15) is 4.39 Å². The second-order valence-corrected chi connectivity index (χ2v) is 6.07. The van der Waals surface area contributed by atoms with Gasteiger partial charge in [-0.25, -0.2) is 4.39 Å². The molecule has 0 bridgehead atoms. The predicted octanol–water partition coefficient (Wildman–Crippen LogP) is 4.50. The highest BCUT2D eigenvalue weighted by molar-refractivity contribution is 7.80. The normalized spacial score (nSPS) is 11.8. The Labute approximate surface area is 143 Å². The first-order chi connectivity index (χ1) is 11.1. The molecule has 0 aliphatic rings. The van der Waals surface area contributed by atoms with Crippen molar-refractivity contribution in [2.24, 2.45) is 0 Å². The smallest absolute Gasteiger partial charge is 0.167 e. The molecule has 0 fully saturated rings. The SMILES string of the molecule is CCCc1ccc([C@@H](C)NC(=S)NCc2ccc(F)cc2)cc1. The molecule has 1 atom stereocenters. The summed E-state index contributed by atoms with van der Waals surface area (Å²) >= 11 is 5.33. The van der Waals surface area contributed by atoms with E-state index in [1.54, 1.807) is 12.1 Å². The van der Waals surface area contributed by atoms with Gasteiger partial charge in [0.1, 0.15) is 5.82 Å². The summed E-state index contributed by atoms with van der Waals surface area (Å²) in [5.74, 6) is -0.227. The van der Waals surface area contributed by atoms with Gasteiger partial charge in [0.05, 0.1) is 6.04 Å². The van der Waals surface area contributed by atoms with Crippen molar-refractivity contribution in [3.05, 3.63) is 71.0 Å². The van der Waals surface area contributed by atoms with Crippen LogP contribution in [0.5, 0.6) is 0 Å². The minimum Gasteiger partial charge on any atom is -0.359 e. The van der Waals surface area contributed by atoms with Gasteiger partial charge in [-0.2, -0.15) is 0 Å². The molecule has 2 nitrogen and oxygen atoms in total. The Hall–Kier alpha value is -1.94. The van der Waals surface area contributed by atoms with Crippen LogP contribution in [0.3, 0.4) is 0 Å². The Morgan fingerprint density at radius 3 is 2.26 bits per heavy atom. The third kappa shape index (κ3) is 5.64. The lowest BCUT2D eigenvalue weighted by Gasteiger charge is -2.18. The van der Waals surface area contributed by atoms with Crippen LogP contribution in [0.15, 0.2) is 48.5 Å². The maximum atomic E-state index is 12.9. The summed E-state index contributed by atoms with van der Waals surface area (Å²) in [5, 5.41) is 7.02. The standard InChI is InChI=1S/C19H23FN2S/c1-3-4-15-5-9-17(10-6-15)14(2)22-19(23)21-13-16-7-11-18(20)12-8-16/h5-12,14H,3-4,13H2,1-2H3,(H2,21,22,23)/t14-/m1/s1.